The average molecular weight is 311 g/mol. The third kappa shape index (κ3) is 2.64. The van der Waals surface area contributed by atoms with Crippen LogP contribution < -0.4 is 0 Å². The fourth-order valence-corrected chi connectivity index (χ4v) is 2.43. The Labute approximate surface area is 115 Å². The van der Waals surface area contributed by atoms with Gasteiger partial charge in [0.25, 0.3) is 0 Å². The summed E-state index contributed by atoms with van der Waals surface area (Å²) >= 11 is 3.33. The van der Waals surface area contributed by atoms with Crippen LogP contribution in [-0.4, -0.2) is 18.4 Å². The molecule has 4 heteroatoms. The number of esters is 1. The zero-order valence-corrected chi connectivity index (χ0v) is 11.8. The van der Waals surface area contributed by atoms with Gasteiger partial charge >= 0.3 is 5.97 Å². The molecule has 0 amide bonds. The molecule has 1 aliphatic carbocycles. The molecule has 0 spiro atoms. The summed E-state index contributed by atoms with van der Waals surface area (Å²) in [6, 6.07) is 5.55. The molecule has 1 aliphatic rings. The highest BCUT2D eigenvalue weighted by Crippen LogP contribution is 2.29. The van der Waals surface area contributed by atoms with Crippen molar-refractivity contribution in [1.29, 1.82) is 0 Å². The van der Waals surface area contributed by atoms with Gasteiger partial charge in [-0.05, 0) is 30.5 Å². The summed E-state index contributed by atoms with van der Waals surface area (Å²) in [5.41, 5.74) is 1.57. The van der Waals surface area contributed by atoms with E-state index in [-0.39, 0.29) is 11.8 Å². The second-order valence-corrected chi connectivity index (χ2v) is 5.36. The summed E-state index contributed by atoms with van der Waals surface area (Å²) in [6.45, 7) is 2.43. The first-order valence-electron chi connectivity index (χ1n) is 6.12. The Balaban J connectivity index is 2.07. The monoisotopic (exact) mass is 310 g/mol. The second kappa shape index (κ2) is 5.65. The van der Waals surface area contributed by atoms with Crippen LogP contribution in [-0.2, 0) is 16.0 Å². The van der Waals surface area contributed by atoms with E-state index in [9.17, 15) is 9.59 Å². The van der Waals surface area contributed by atoms with Crippen molar-refractivity contribution in [1.82, 2.24) is 0 Å². The van der Waals surface area contributed by atoms with Crippen molar-refractivity contribution in [3.8, 4) is 0 Å². The minimum Gasteiger partial charge on any atom is -0.465 e. The topological polar surface area (TPSA) is 43.4 Å². The molecule has 1 unspecified atom stereocenters. The first-order valence-corrected chi connectivity index (χ1v) is 6.92. The van der Waals surface area contributed by atoms with Crippen molar-refractivity contribution in [2.75, 3.05) is 6.61 Å². The number of carbonyl (C=O) groups excluding carboxylic acids is 2. The van der Waals surface area contributed by atoms with Crippen LogP contribution in [0, 0.1) is 5.92 Å². The lowest BCUT2D eigenvalue weighted by atomic mass is 10.1. The van der Waals surface area contributed by atoms with Gasteiger partial charge in [0.05, 0.1) is 6.61 Å². The normalized spacial score (nSPS) is 17.7. The smallest absolute Gasteiger partial charge is 0.317 e. The Morgan fingerprint density at radius 1 is 1.50 bits per heavy atom. The molecular weight excluding hydrogens is 296 g/mol. The van der Waals surface area contributed by atoms with Gasteiger partial charge in [-0.1, -0.05) is 35.3 Å². The fourth-order valence-electron chi connectivity index (χ4n) is 2.06. The SMILES string of the molecule is CCCCOC(=O)C1Cc2ccc(Br)cc2C1=O. The van der Waals surface area contributed by atoms with E-state index in [1.165, 1.54) is 0 Å². The summed E-state index contributed by atoms with van der Waals surface area (Å²) in [5, 5.41) is 0. The van der Waals surface area contributed by atoms with Gasteiger partial charge in [-0.3, -0.25) is 9.59 Å². The first-order chi connectivity index (χ1) is 8.63. The Hall–Kier alpha value is -1.16. The van der Waals surface area contributed by atoms with Crippen molar-refractivity contribution < 1.29 is 14.3 Å². The van der Waals surface area contributed by atoms with E-state index < -0.39 is 5.92 Å². The number of benzene rings is 1. The Morgan fingerprint density at radius 3 is 3.00 bits per heavy atom. The van der Waals surface area contributed by atoms with Gasteiger partial charge < -0.3 is 4.74 Å². The number of ketones is 1. The molecule has 0 saturated heterocycles. The highest BCUT2D eigenvalue weighted by molar-refractivity contribution is 9.10. The Bertz CT molecular complexity index is 482. The summed E-state index contributed by atoms with van der Waals surface area (Å²) in [4.78, 5) is 23.9. The lowest BCUT2D eigenvalue weighted by Gasteiger charge is -2.07. The van der Waals surface area contributed by atoms with Crippen LogP contribution in [0.4, 0.5) is 0 Å². The summed E-state index contributed by atoms with van der Waals surface area (Å²) in [6.07, 6.45) is 2.27. The van der Waals surface area contributed by atoms with E-state index in [0.717, 1.165) is 22.9 Å². The van der Waals surface area contributed by atoms with Crippen LogP contribution in [0.1, 0.15) is 35.7 Å². The summed E-state index contributed by atoms with van der Waals surface area (Å²) < 4.78 is 5.98. The van der Waals surface area contributed by atoms with Crippen molar-refractivity contribution >= 4 is 27.7 Å². The minimum atomic E-state index is -0.647. The van der Waals surface area contributed by atoms with Crippen molar-refractivity contribution in [3.63, 3.8) is 0 Å². The maximum absolute atomic E-state index is 12.1. The molecule has 0 saturated carbocycles. The second-order valence-electron chi connectivity index (χ2n) is 4.44. The van der Waals surface area contributed by atoms with Gasteiger partial charge in [0.2, 0.25) is 0 Å². The lowest BCUT2D eigenvalue weighted by Crippen LogP contribution is -2.23. The maximum Gasteiger partial charge on any atom is 0.317 e. The molecule has 0 bridgehead atoms. The van der Waals surface area contributed by atoms with Crippen LogP contribution in [0.2, 0.25) is 0 Å². The summed E-state index contributed by atoms with van der Waals surface area (Å²) in [7, 11) is 0. The molecule has 0 aromatic heterocycles. The van der Waals surface area contributed by atoms with Crippen LogP contribution in [0.25, 0.3) is 0 Å². The largest absolute Gasteiger partial charge is 0.465 e. The van der Waals surface area contributed by atoms with Crippen molar-refractivity contribution in [2.24, 2.45) is 5.92 Å². The number of rotatable bonds is 4. The molecule has 1 aromatic carbocycles. The van der Waals surface area contributed by atoms with Crippen LogP contribution in [0.5, 0.6) is 0 Å². The zero-order chi connectivity index (χ0) is 13.1. The number of Topliss-reactive ketones (excluding diaryl/α,β-unsaturated/α-hetero) is 1. The molecular formula is C14H15BrO3. The number of hydrogen-bond acceptors (Lipinski definition) is 3. The zero-order valence-electron chi connectivity index (χ0n) is 10.2. The van der Waals surface area contributed by atoms with Gasteiger partial charge in [0, 0.05) is 10.0 Å². The van der Waals surface area contributed by atoms with Gasteiger partial charge in [0.1, 0.15) is 5.92 Å². The molecule has 0 heterocycles. The highest BCUT2D eigenvalue weighted by Gasteiger charge is 2.36. The molecule has 1 aromatic rings. The van der Waals surface area contributed by atoms with E-state index >= 15 is 0 Å². The highest BCUT2D eigenvalue weighted by atomic mass is 79.9. The molecule has 3 nitrogen and oxygen atoms in total. The van der Waals surface area contributed by atoms with Crippen LogP contribution >= 0.6 is 15.9 Å². The first kappa shape index (κ1) is 13.3. The summed E-state index contributed by atoms with van der Waals surface area (Å²) in [5.74, 6) is -1.15. The van der Waals surface area contributed by atoms with Crippen molar-refractivity contribution in [2.45, 2.75) is 26.2 Å². The number of ether oxygens (including phenoxy) is 1. The van der Waals surface area contributed by atoms with E-state index in [1.807, 2.05) is 19.1 Å². The Morgan fingerprint density at radius 2 is 2.28 bits per heavy atom. The van der Waals surface area contributed by atoms with Crippen LogP contribution in [0.15, 0.2) is 22.7 Å². The molecule has 1 atom stereocenters. The molecule has 0 fully saturated rings. The number of carbonyl (C=O) groups is 2. The number of unbranched alkanes of at least 4 members (excludes halogenated alkanes) is 1. The van der Waals surface area contributed by atoms with Gasteiger partial charge in [0.15, 0.2) is 5.78 Å². The Kier molecular flexibility index (Phi) is 4.17. The molecule has 18 heavy (non-hydrogen) atoms. The third-order valence-electron chi connectivity index (χ3n) is 3.10. The standard InChI is InChI=1S/C14H15BrO3/c1-2-3-6-18-14(17)12-7-9-4-5-10(15)8-11(9)13(12)16/h4-5,8,12H,2-3,6-7H2,1H3. The van der Waals surface area contributed by atoms with Gasteiger partial charge in [-0.2, -0.15) is 0 Å². The van der Waals surface area contributed by atoms with Crippen molar-refractivity contribution in [3.05, 3.63) is 33.8 Å². The van der Waals surface area contributed by atoms with Crippen LogP contribution in [0.3, 0.4) is 0 Å². The van der Waals surface area contributed by atoms with E-state index in [1.54, 1.807) is 6.07 Å². The van der Waals surface area contributed by atoms with Gasteiger partial charge in [-0.15, -0.1) is 0 Å². The predicted octanol–water partition coefficient (Wildman–Crippen LogP) is 3.15. The molecule has 0 radical (unpaired) electrons. The molecule has 0 N–H and O–H groups in total. The van der Waals surface area contributed by atoms with E-state index in [0.29, 0.717) is 18.6 Å². The lowest BCUT2D eigenvalue weighted by molar-refractivity contribution is -0.146. The molecule has 2 rings (SSSR count). The minimum absolute atomic E-state index is 0.118. The quantitative estimate of drug-likeness (QED) is 0.487. The van der Waals surface area contributed by atoms with Gasteiger partial charge in [-0.25, -0.2) is 0 Å². The maximum atomic E-state index is 12.1. The number of halogens is 1. The third-order valence-corrected chi connectivity index (χ3v) is 3.60. The molecule has 96 valence electrons. The van der Waals surface area contributed by atoms with E-state index in [4.69, 9.17) is 4.74 Å². The molecule has 0 aliphatic heterocycles. The average Bonchev–Trinajstić information content (AvgIpc) is 2.67. The number of hydrogen-bond donors (Lipinski definition) is 0. The van der Waals surface area contributed by atoms with E-state index in [2.05, 4.69) is 15.9 Å². The predicted molar refractivity (Wildman–Crippen MR) is 71.5 cm³/mol. The number of fused-ring (bicyclic) bond motifs is 1. The fraction of sp³-hybridized carbons (Fsp3) is 0.429.